The van der Waals surface area contributed by atoms with E-state index in [4.69, 9.17) is 4.74 Å². The van der Waals surface area contributed by atoms with Crippen LogP contribution in [0, 0.1) is 0 Å². The van der Waals surface area contributed by atoms with Crippen LogP contribution >= 0.6 is 0 Å². The van der Waals surface area contributed by atoms with Crippen molar-refractivity contribution in [1.29, 1.82) is 0 Å². The summed E-state index contributed by atoms with van der Waals surface area (Å²) in [5.41, 5.74) is 1.21. The molecule has 0 spiro atoms. The molecule has 0 aromatic heterocycles. The van der Waals surface area contributed by atoms with Crippen molar-refractivity contribution in [2.45, 2.75) is 39.8 Å². The van der Waals surface area contributed by atoms with Crippen LogP contribution in [0.2, 0.25) is 0 Å². The Morgan fingerprint density at radius 1 is 1.29 bits per heavy atom. The third kappa shape index (κ3) is 4.11. The number of ether oxygens (including phenoxy) is 1. The minimum absolute atomic E-state index is 0.225. The van der Waals surface area contributed by atoms with Crippen molar-refractivity contribution < 1.29 is 9.84 Å². The van der Waals surface area contributed by atoms with Crippen LogP contribution in [0.4, 0.5) is 0 Å². The topological polar surface area (TPSA) is 35.9 Å². The normalized spacial score (nSPS) is 19.3. The minimum atomic E-state index is 0.225. The first-order valence-corrected chi connectivity index (χ1v) is 8.09. The van der Waals surface area contributed by atoms with Gasteiger partial charge in [0.1, 0.15) is 0 Å². The van der Waals surface area contributed by atoms with E-state index >= 15 is 0 Å². The second-order valence-electron chi connectivity index (χ2n) is 5.63. The molecule has 1 heterocycles. The third-order valence-corrected chi connectivity index (χ3v) is 4.31. The summed E-state index contributed by atoms with van der Waals surface area (Å²) in [5, 5.41) is 9.76. The Hall–Kier alpha value is -1.26. The number of hydrogen-bond donors (Lipinski definition) is 1. The summed E-state index contributed by atoms with van der Waals surface area (Å²) in [6.45, 7) is 12.4. The van der Waals surface area contributed by atoms with Gasteiger partial charge in [0, 0.05) is 25.7 Å². The van der Waals surface area contributed by atoms with Gasteiger partial charge in [-0.15, -0.1) is 0 Å². The Morgan fingerprint density at radius 3 is 2.71 bits per heavy atom. The number of likely N-dealkylation sites (N-methyl/N-ethyl adjacent to an activating group) is 1. The molecule has 0 radical (unpaired) electrons. The van der Waals surface area contributed by atoms with Crippen LogP contribution in [0.15, 0.2) is 18.2 Å². The number of hydrogen-bond acceptors (Lipinski definition) is 4. The molecular weight excluding hydrogens is 264 g/mol. The number of nitrogens with zero attached hydrogens (tertiary/aromatic N) is 2. The number of phenolic OH excluding ortho intramolecular Hbond substituents is 1. The quantitative estimate of drug-likeness (QED) is 0.838. The molecule has 1 unspecified atom stereocenters. The molecule has 118 valence electrons. The van der Waals surface area contributed by atoms with Crippen LogP contribution in [0.25, 0.3) is 0 Å². The predicted molar refractivity (Wildman–Crippen MR) is 85.9 cm³/mol. The van der Waals surface area contributed by atoms with Crippen molar-refractivity contribution in [2.24, 2.45) is 0 Å². The molecule has 2 rings (SSSR count). The van der Waals surface area contributed by atoms with Crippen molar-refractivity contribution in [1.82, 2.24) is 9.80 Å². The maximum atomic E-state index is 9.76. The molecule has 0 aliphatic carbocycles. The first-order chi connectivity index (χ1) is 10.2. The van der Waals surface area contributed by atoms with Crippen molar-refractivity contribution in [2.75, 3.05) is 32.8 Å². The molecule has 1 N–H and O–H groups in total. The van der Waals surface area contributed by atoms with Gasteiger partial charge in [0.25, 0.3) is 0 Å². The van der Waals surface area contributed by atoms with Gasteiger partial charge in [-0.2, -0.15) is 0 Å². The van der Waals surface area contributed by atoms with E-state index in [2.05, 4.69) is 23.6 Å². The molecule has 1 saturated heterocycles. The van der Waals surface area contributed by atoms with E-state index in [1.165, 1.54) is 12.0 Å². The van der Waals surface area contributed by atoms with Gasteiger partial charge in [0.15, 0.2) is 11.5 Å². The van der Waals surface area contributed by atoms with E-state index in [1.807, 2.05) is 19.1 Å². The van der Waals surface area contributed by atoms with Gasteiger partial charge in [0.05, 0.1) is 6.61 Å². The average molecular weight is 292 g/mol. The lowest BCUT2D eigenvalue weighted by molar-refractivity contribution is 0.209. The SMILES string of the molecule is CCOc1cc(CN2CCC(N(CC)CC)C2)ccc1O. The third-order valence-electron chi connectivity index (χ3n) is 4.31. The summed E-state index contributed by atoms with van der Waals surface area (Å²) in [6.07, 6.45) is 1.25. The summed E-state index contributed by atoms with van der Waals surface area (Å²) in [5.74, 6) is 0.817. The fourth-order valence-corrected chi connectivity index (χ4v) is 3.18. The molecule has 21 heavy (non-hydrogen) atoms. The second-order valence-corrected chi connectivity index (χ2v) is 5.63. The molecule has 0 saturated carbocycles. The molecule has 4 heteroatoms. The first kappa shape index (κ1) is 16.1. The second kappa shape index (κ2) is 7.66. The molecule has 0 bridgehead atoms. The van der Waals surface area contributed by atoms with Crippen LogP contribution < -0.4 is 4.74 Å². The van der Waals surface area contributed by atoms with E-state index in [-0.39, 0.29) is 5.75 Å². The Balaban J connectivity index is 1.95. The zero-order valence-corrected chi connectivity index (χ0v) is 13.5. The molecule has 1 aromatic rings. The number of aromatic hydroxyl groups is 1. The zero-order chi connectivity index (χ0) is 15.2. The Labute approximate surface area is 128 Å². The summed E-state index contributed by atoms with van der Waals surface area (Å²) in [6, 6.07) is 6.37. The van der Waals surface area contributed by atoms with Crippen LogP contribution in [-0.2, 0) is 6.54 Å². The van der Waals surface area contributed by atoms with E-state index in [9.17, 15) is 5.11 Å². The van der Waals surface area contributed by atoms with E-state index in [0.717, 1.165) is 32.7 Å². The van der Waals surface area contributed by atoms with E-state index in [1.54, 1.807) is 6.07 Å². The van der Waals surface area contributed by atoms with Crippen molar-refractivity contribution >= 4 is 0 Å². The number of likely N-dealkylation sites (tertiary alicyclic amines) is 1. The van der Waals surface area contributed by atoms with Gasteiger partial charge < -0.3 is 9.84 Å². The van der Waals surface area contributed by atoms with Gasteiger partial charge in [-0.1, -0.05) is 19.9 Å². The Kier molecular flexibility index (Phi) is 5.88. The van der Waals surface area contributed by atoms with Crippen molar-refractivity contribution in [3.8, 4) is 11.5 Å². The van der Waals surface area contributed by atoms with Gasteiger partial charge in [0.2, 0.25) is 0 Å². The number of phenols is 1. The fourth-order valence-electron chi connectivity index (χ4n) is 3.18. The smallest absolute Gasteiger partial charge is 0.161 e. The highest BCUT2D eigenvalue weighted by molar-refractivity contribution is 5.41. The maximum Gasteiger partial charge on any atom is 0.161 e. The number of rotatable bonds is 7. The first-order valence-electron chi connectivity index (χ1n) is 8.09. The minimum Gasteiger partial charge on any atom is -0.504 e. The Morgan fingerprint density at radius 2 is 2.05 bits per heavy atom. The number of benzene rings is 1. The van der Waals surface area contributed by atoms with Crippen LogP contribution in [0.5, 0.6) is 11.5 Å². The lowest BCUT2D eigenvalue weighted by Gasteiger charge is -2.26. The summed E-state index contributed by atoms with van der Waals surface area (Å²) < 4.78 is 5.46. The molecule has 1 atom stereocenters. The van der Waals surface area contributed by atoms with Gasteiger partial charge >= 0.3 is 0 Å². The van der Waals surface area contributed by atoms with Crippen LogP contribution in [0.1, 0.15) is 32.8 Å². The summed E-state index contributed by atoms with van der Waals surface area (Å²) >= 11 is 0. The Bertz CT molecular complexity index is 446. The van der Waals surface area contributed by atoms with Gasteiger partial charge in [-0.25, -0.2) is 0 Å². The molecule has 1 aliphatic heterocycles. The molecular formula is C17H28N2O2. The predicted octanol–water partition coefficient (Wildman–Crippen LogP) is 2.71. The fraction of sp³-hybridized carbons (Fsp3) is 0.647. The molecule has 0 amide bonds. The van der Waals surface area contributed by atoms with Crippen molar-refractivity contribution in [3.05, 3.63) is 23.8 Å². The average Bonchev–Trinajstić information content (AvgIpc) is 2.93. The van der Waals surface area contributed by atoms with Crippen LogP contribution in [0.3, 0.4) is 0 Å². The van der Waals surface area contributed by atoms with Gasteiger partial charge in [-0.3, -0.25) is 9.80 Å². The maximum absolute atomic E-state index is 9.76. The lowest BCUT2D eigenvalue weighted by atomic mass is 10.2. The van der Waals surface area contributed by atoms with E-state index in [0.29, 0.717) is 18.4 Å². The van der Waals surface area contributed by atoms with Crippen LogP contribution in [-0.4, -0.2) is 53.7 Å². The molecule has 1 aromatic carbocycles. The zero-order valence-electron chi connectivity index (χ0n) is 13.5. The van der Waals surface area contributed by atoms with Gasteiger partial charge in [-0.05, 0) is 44.1 Å². The standard InChI is InChI=1S/C17H28N2O2/c1-4-19(5-2)15-9-10-18(13-15)12-14-7-8-16(20)17(11-14)21-6-3/h7-8,11,15,20H,4-6,9-10,12-13H2,1-3H3. The van der Waals surface area contributed by atoms with Crippen molar-refractivity contribution in [3.63, 3.8) is 0 Å². The highest BCUT2D eigenvalue weighted by Crippen LogP contribution is 2.28. The monoisotopic (exact) mass is 292 g/mol. The van der Waals surface area contributed by atoms with E-state index < -0.39 is 0 Å². The molecule has 1 aliphatic rings. The largest absolute Gasteiger partial charge is 0.504 e. The molecule has 1 fully saturated rings. The highest BCUT2D eigenvalue weighted by atomic mass is 16.5. The summed E-state index contributed by atoms with van der Waals surface area (Å²) in [4.78, 5) is 5.04. The highest BCUT2D eigenvalue weighted by Gasteiger charge is 2.26. The lowest BCUT2D eigenvalue weighted by Crippen LogP contribution is -2.37. The molecule has 4 nitrogen and oxygen atoms in total. The summed E-state index contributed by atoms with van der Waals surface area (Å²) in [7, 11) is 0.